The minimum Gasteiger partial charge on any atom is -0.493 e. The number of hydrogen-bond donors (Lipinski definition) is 2. The highest BCUT2D eigenvalue weighted by atomic mass is 32.2. The smallest absolute Gasteiger partial charge is 0.402 e. The van der Waals surface area contributed by atoms with E-state index in [9.17, 15) is 36.5 Å². The van der Waals surface area contributed by atoms with Gasteiger partial charge in [-0.3, -0.25) is 14.9 Å². The number of halogens is 3. The molecule has 11 nitrogen and oxygen atoms in total. The summed E-state index contributed by atoms with van der Waals surface area (Å²) >= 11 is 0. The van der Waals surface area contributed by atoms with Crippen LogP contribution in [0.15, 0.2) is 35.2 Å². The molecular weight excluding hydrogens is 475 g/mol. The van der Waals surface area contributed by atoms with E-state index in [2.05, 4.69) is 5.32 Å². The predicted octanol–water partition coefficient (Wildman–Crippen LogP) is 2.71. The van der Waals surface area contributed by atoms with Gasteiger partial charge < -0.3 is 19.5 Å². The van der Waals surface area contributed by atoms with Crippen molar-refractivity contribution in [1.29, 1.82) is 0 Å². The van der Waals surface area contributed by atoms with E-state index in [1.807, 2.05) is 0 Å². The van der Waals surface area contributed by atoms with Gasteiger partial charge in [0.1, 0.15) is 12.1 Å². The second-order valence-electron chi connectivity index (χ2n) is 6.22. The summed E-state index contributed by atoms with van der Waals surface area (Å²) in [6, 6.07) is 5.18. The van der Waals surface area contributed by atoms with Gasteiger partial charge in [0, 0.05) is 11.8 Å². The zero-order chi connectivity index (χ0) is 25.0. The van der Waals surface area contributed by atoms with Gasteiger partial charge in [0.25, 0.3) is 5.91 Å². The summed E-state index contributed by atoms with van der Waals surface area (Å²) in [6.07, 6.45) is -4.74. The molecule has 1 amide bonds. The third kappa shape index (κ3) is 6.01. The van der Waals surface area contributed by atoms with E-state index in [-0.39, 0.29) is 22.9 Å². The number of nitrogens with zero attached hydrogens (tertiary/aromatic N) is 1. The minimum absolute atomic E-state index is 0.0119. The van der Waals surface area contributed by atoms with Crippen molar-refractivity contribution in [3.63, 3.8) is 0 Å². The number of carbonyl (C=O) groups excluding carboxylic acids is 1. The lowest BCUT2D eigenvalue weighted by atomic mass is 10.1. The van der Waals surface area contributed by atoms with Crippen molar-refractivity contribution in [3.8, 4) is 17.2 Å². The fourth-order valence-corrected chi connectivity index (χ4v) is 3.69. The number of anilines is 1. The molecule has 0 unspecified atom stereocenters. The maximum absolute atomic E-state index is 12.7. The highest BCUT2D eigenvalue weighted by Crippen LogP contribution is 2.46. The van der Waals surface area contributed by atoms with Crippen molar-refractivity contribution in [2.75, 3.05) is 33.2 Å². The van der Waals surface area contributed by atoms with Crippen molar-refractivity contribution in [3.05, 3.63) is 46.0 Å². The van der Waals surface area contributed by atoms with Gasteiger partial charge in [-0.15, -0.1) is 0 Å². The van der Waals surface area contributed by atoms with Crippen LogP contribution in [0.3, 0.4) is 0 Å². The fourth-order valence-electron chi connectivity index (χ4n) is 2.67. The molecule has 0 radical (unpaired) electrons. The molecule has 2 aromatic rings. The zero-order valence-electron chi connectivity index (χ0n) is 17.3. The minimum atomic E-state index is -4.74. The first-order valence-electron chi connectivity index (χ1n) is 8.79. The Morgan fingerprint density at radius 3 is 2.09 bits per heavy atom. The summed E-state index contributed by atoms with van der Waals surface area (Å²) in [6.45, 7) is -1.75. The molecule has 0 aliphatic rings. The van der Waals surface area contributed by atoms with Gasteiger partial charge in [0.15, 0.2) is 5.75 Å². The van der Waals surface area contributed by atoms with E-state index in [4.69, 9.17) is 14.2 Å². The van der Waals surface area contributed by atoms with Crippen LogP contribution in [0.2, 0.25) is 0 Å². The molecule has 0 atom stereocenters. The molecule has 0 aromatic heterocycles. The lowest BCUT2D eigenvalue weighted by molar-refractivity contribution is -0.386. The van der Waals surface area contributed by atoms with Crippen molar-refractivity contribution in [2.24, 2.45) is 0 Å². The highest BCUT2D eigenvalue weighted by molar-refractivity contribution is 7.89. The summed E-state index contributed by atoms with van der Waals surface area (Å²) in [7, 11) is -0.845. The van der Waals surface area contributed by atoms with Gasteiger partial charge in [-0.2, -0.15) is 13.2 Å². The maximum atomic E-state index is 12.7. The first kappa shape index (κ1) is 25.7. The van der Waals surface area contributed by atoms with Crippen molar-refractivity contribution in [1.82, 2.24) is 4.72 Å². The van der Waals surface area contributed by atoms with Crippen LogP contribution in [-0.4, -0.2) is 53.3 Å². The molecule has 0 aliphatic carbocycles. The van der Waals surface area contributed by atoms with Gasteiger partial charge in [0.2, 0.25) is 21.5 Å². The average Bonchev–Trinajstić information content (AvgIpc) is 2.75. The van der Waals surface area contributed by atoms with Crippen LogP contribution in [0, 0.1) is 10.1 Å². The molecule has 0 heterocycles. The van der Waals surface area contributed by atoms with E-state index in [1.165, 1.54) is 18.9 Å². The van der Waals surface area contributed by atoms with E-state index in [1.54, 1.807) is 0 Å². The summed E-state index contributed by atoms with van der Waals surface area (Å²) < 4.78 is 77.3. The number of sulfonamides is 1. The van der Waals surface area contributed by atoms with E-state index in [0.717, 1.165) is 37.4 Å². The van der Waals surface area contributed by atoms with Crippen LogP contribution < -0.4 is 24.2 Å². The first-order chi connectivity index (χ1) is 15.3. The molecule has 0 saturated heterocycles. The third-order valence-electron chi connectivity index (χ3n) is 4.12. The monoisotopic (exact) mass is 493 g/mol. The lowest BCUT2D eigenvalue weighted by Gasteiger charge is -2.15. The molecule has 2 aromatic carbocycles. The molecule has 0 spiro atoms. The number of nitro groups is 1. The SMILES string of the molecule is COc1cc(C(=O)Nc2ccc(S(=O)(=O)NCC(F)(F)F)cc2)c([N+](=O)[O-])c(OC)c1OC. The van der Waals surface area contributed by atoms with Crippen molar-refractivity contribution in [2.45, 2.75) is 11.1 Å². The molecule has 15 heteroatoms. The average molecular weight is 493 g/mol. The Labute approximate surface area is 185 Å². The Hall–Kier alpha value is -3.59. The molecule has 33 heavy (non-hydrogen) atoms. The fraction of sp³-hybridized carbons (Fsp3) is 0.278. The van der Waals surface area contributed by atoms with Crippen LogP contribution in [0.4, 0.5) is 24.5 Å². The molecule has 2 N–H and O–H groups in total. The van der Waals surface area contributed by atoms with Crippen molar-refractivity contribution < 1.29 is 45.5 Å². The van der Waals surface area contributed by atoms with E-state index in [0.29, 0.717) is 0 Å². The van der Waals surface area contributed by atoms with Crippen molar-refractivity contribution >= 4 is 27.3 Å². The second-order valence-corrected chi connectivity index (χ2v) is 7.98. The Balaban J connectivity index is 2.36. The van der Waals surface area contributed by atoms with Crippen LogP contribution in [-0.2, 0) is 10.0 Å². The van der Waals surface area contributed by atoms with Crippen LogP contribution in [0.1, 0.15) is 10.4 Å². The summed E-state index contributed by atoms with van der Waals surface area (Å²) in [4.78, 5) is 23.0. The standard InChI is InChI=1S/C18H18F3N3O8S/c1-30-13-8-12(14(24(26)27)16(32-3)15(13)31-2)17(25)23-10-4-6-11(7-5-10)33(28,29)22-9-18(19,20)21/h4-8,22H,9H2,1-3H3,(H,23,25). The number of carbonyl (C=O) groups is 1. The molecule has 180 valence electrons. The van der Waals surface area contributed by atoms with E-state index < -0.39 is 49.7 Å². The van der Waals surface area contributed by atoms with Crippen LogP contribution >= 0.6 is 0 Å². The number of methoxy groups -OCH3 is 3. The maximum Gasteiger partial charge on any atom is 0.402 e. The van der Waals surface area contributed by atoms with E-state index >= 15 is 0 Å². The van der Waals surface area contributed by atoms with Gasteiger partial charge in [-0.25, -0.2) is 13.1 Å². The number of amides is 1. The number of rotatable bonds is 9. The lowest BCUT2D eigenvalue weighted by Crippen LogP contribution is -2.33. The Morgan fingerprint density at radius 1 is 1.06 bits per heavy atom. The number of hydrogen-bond acceptors (Lipinski definition) is 8. The van der Waals surface area contributed by atoms with Gasteiger partial charge in [-0.1, -0.05) is 0 Å². The summed E-state index contributed by atoms with van der Waals surface area (Å²) in [5, 5.41) is 13.9. The Bertz CT molecular complexity index is 1150. The van der Waals surface area contributed by atoms with Gasteiger partial charge >= 0.3 is 11.9 Å². The quantitative estimate of drug-likeness (QED) is 0.401. The number of alkyl halides is 3. The first-order valence-corrected chi connectivity index (χ1v) is 10.3. The predicted molar refractivity (Wildman–Crippen MR) is 108 cm³/mol. The largest absolute Gasteiger partial charge is 0.493 e. The number of nitrogens with one attached hydrogen (secondary N) is 2. The van der Waals surface area contributed by atoms with Crippen LogP contribution in [0.25, 0.3) is 0 Å². The molecule has 2 rings (SSSR count). The summed E-state index contributed by atoms with van der Waals surface area (Å²) in [5.74, 6) is -1.46. The molecule has 0 saturated carbocycles. The number of nitro benzene ring substituents is 1. The third-order valence-corrected chi connectivity index (χ3v) is 5.53. The molecule has 0 bridgehead atoms. The van der Waals surface area contributed by atoms with Gasteiger partial charge in [-0.05, 0) is 24.3 Å². The highest BCUT2D eigenvalue weighted by Gasteiger charge is 2.33. The second kappa shape index (κ2) is 9.91. The normalized spacial score (nSPS) is 11.6. The topological polar surface area (TPSA) is 146 Å². The zero-order valence-corrected chi connectivity index (χ0v) is 18.2. The van der Waals surface area contributed by atoms with Gasteiger partial charge in [0.05, 0.1) is 31.1 Å². The molecular formula is C18H18F3N3O8S. The summed E-state index contributed by atoms with van der Waals surface area (Å²) in [5.41, 5.74) is -1.14. The van der Waals surface area contributed by atoms with Crippen LogP contribution in [0.5, 0.6) is 17.2 Å². The Morgan fingerprint density at radius 2 is 1.64 bits per heavy atom. The molecule has 0 fully saturated rings. The number of ether oxygens (including phenoxy) is 3. The number of benzene rings is 2. The molecule has 0 aliphatic heterocycles. The Kier molecular flexibility index (Phi) is 7.71.